The van der Waals surface area contributed by atoms with Crippen LogP contribution in [0.2, 0.25) is 0 Å². The topological polar surface area (TPSA) is 67.3 Å². The highest BCUT2D eigenvalue weighted by Gasteiger charge is 2.19. The number of piperazine rings is 1. The van der Waals surface area contributed by atoms with Crippen LogP contribution in [-0.4, -0.2) is 53.2 Å². The third-order valence-corrected chi connectivity index (χ3v) is 3.29. The van der Waals surface area contributed by atoms with Gasteiger partial charge < -0.3 is 14.5 Å². The fourth-order valence-electron chi connectivity index (χ4n) is 2.17. The first-order valence-electron chi connectivity index (χ1n) is 6.49. The number of hydrogen-bond acceptors (Lipinski definition) is 7. The van der Waals surface area contributed by atoms with Gasteiger partial charge in [0, 0.05) is 38.6 Å². The molecular formula is C13H16N6O. The smallest absolute Gasteiger partial charge is 0.225 e. The molecule has 1 aliphatic rings. The molecule has 104 valence electrons. The molecule has 1 fully saturated rings. The van der Waals surface area contributed by atoms with Crippen molar-refractivity contribution in [3.05, 3.63) is 31.0 Å². The number of methoxy groups -OCH3 is 1. The molecule has 1 aliphatic heterocycles. The molecule has 0 unspecified atom stereocenters. The van der Waals surface area contributed by atoms with E-state index >= 15 is 0 Å². The number of hydrogen-bond donors (Lipinski definition) is 0. The maximum absolute atomic E-state index is 5.06. The Balaban J connectivity index is 1.63. The van der Waals surface area contributed by atoms with Crippen molar-refractivity contribution in [2.45, 2.75) is 0 Å². The van der Waals surface area contributed by atoms with E-state index in [1.165, 1.54) is 0 Å². The van der Waals surface area contributed by atoms with Crippen molar-refractivity contribution >= 4 is 11.8 Å². The van der Waals surface area contributed by atoms with Gasteiger partial charge in [0.1, 0.15) is 5.82 Å². The van der Waals surface area contributed by atoms with Gasteiger partial charge in [-0.1, -0.05) is 0 Å². The Kier molecular flexibility index (Phi) is 3.58. The fourth-order valence-corrected chi connectivity index (χ4v) is 2.17. The number of anilines is 2. The Hall–Kier alpha value is -2.44. The van der Waals surface area contributed by atoms with Crippen LogP contribution in [0.3, 0.4) is 0 Å². The molecule has 3 rings (SSSR count). The molecule has 1 saturated heterocycles. The second kappa shape index (κ2) is 5.68. The van der Waals surface area contributed by atoms with Gasteiger partial charge in [0.2, 0.25) is 5.95 Å². The molecule has 20 heavy (non-hydrogen) atoms. The molecule has 3 heterocycles. The van der Waals surface area contributed by atoms with Crippen LogP contribution in [-0.2, 0) is 0 Å². The minimum Gasteiger partial charge on any atom is -0.494 e. The standard InChI is InChI=1S/C13H16N6O/c1-20-11-8-16-13(17-9-11)19-6-4-18(5-7-19)12-10-14-2-3-15-12/h2-3,8-10H,4-7H2,1H3. The first-order chi connectivity index (χ1) is 9.86. The van der Waals surface area contributed by atoms with E-state index < -0.39 is 0 Å². The van der Waals surface area contributed by atoms with E-state index in [1.54, 1.807) is 38.1 Å². The van der Waals surface area contributed by atoms with Gasteiger partial charge in [-0.05, 0) is 0 Å². The van der Waals surface area contributed by atoms with Crippen LogP contribution in [0.15, 0.2) is 31.0 Å². The lowest BCUT2D eigenvalue weighted by Crippen LogP contribution is -2.47. The van der Waals surface area contributed by atoms with E-state index in [-0.39, 0.29) is 0 Å². The number of nitrogens with zero attached hydrogens (tertiary/aromatic N) is 6. The number of rotatable bonds is 3. The van der Waals surface area contributed by atoms with E-state index in [0.29, 0.717) is 5.75 Å². The van der Waals surface area contributed by atoms with Gasteiger partial charge in [-0.3, -0.25) is 4.98 Å². The fraction of sp³-hybridized carbons (Fsp3) is 0.385. The predicted octanol–water partition coefficient (Wildman–Crippen LogP) is 0.602. The van der Waals surface area contributed by atoms with Crippen molar-refractivity contribution in [1.82, 2.24) is 19.9 Å². The first kappa shape index (κ1) is 12.6. The Morgan fingerprint density at radius 1 is 0.900 bits per heavy atom. The summed E-state index contributed by atoms with van der Waals surface area (Å²) in [5.41, 5.74) is 0. The molecule has 0 saturated carbocycles. The monoisotopic (exact) mass is 272 g/mol. The van der Waals surface area contributed by atoms with Crippen molar-refractivity contribution in [3.63, 3.8) is 0 Å². The maximum atomic E-state index is 5.06. The minimum absolute atomic E-state index is 0.673. The molecule has 0 aliphatic carbocycles. The summed E-state index contributed by atoms with van der Waals surface area (Å²) in [5.74, 6) is 2.33. The quantitative estimate of drug-likeness (QED) is 0.810. The molecule has 0 aromatic carbocycles. The molecule has 0 N–H and O–H groups in total. The van der Waals surface area contributed by atoms with E-state index in [4.69, 9.17) is 4.74 Å². The van der Waals surface area contributed by atoms with Gasteiger partial charge in [-0.25, -0.2) is 15.0 Å². The summed E-state index contributed by atoms with van der Waals surface area (Å²) in [4.78, 5) is 21.4. The maximum Gasteiger partial charge on any atom is 0.225 e. The highest BCUT2D eigenvalue weighted by Crippen LogP contribution is 2.16. The van der Waals surface area contributed by atoms with E-state index in [1.807, 2.05) is 0 Å². The van der Waals surface area contributed by atoms with Crippen molar-refractivity contribution in [3.8, 4) is 5.75 Å². The van der Waals surface area contributed by atoms with Crippen LogP contribution < -0.4 is 14.5 Å². The second-order valence-electron chi connectivity index (χ2n) is 4.46. The summed E-state index contributed by atoms with van der Waals surface area (Å²) < 4.78 is 5.06. The highest BCUT2D eigenvalue weighted by atomic mass is 16.5. The summed E-state index contributed by atoms with van der Waals surface area (Å²) >= 11 is 0. The van der Waals surface area contributed by atoms with Gasteiger partial charge in [-0.15, -0.1) is 0 Å². The largest absolute Gasteiger partial charge is 0.494 e. The average molecular weight is 272 g/mol. The molecule has 7 nitrogen and oxygen atoms in total. The third-order valence-electron chi connectivity index (χ3n) is 3.29. The molecule has 0 atom stereocenters. The molecule has 2 aromatic rings. The van der Waals surface area contributed by atoms with E-state index in [9.17, 15) is 0 Å². The van der Waals surface area contributed by atoms with Crippen LogP contribution in [0.25, 0.3) is 0 Å². The summed E-state index contributed by atoms with van der Waals surface area (Å²) in [7, 11) is 1.61. The second-order valence-corrected chi connectivity index (χ2v) is 4.46. The summed E-state index contributed by atoms with van der Waals surface area (Å²) in [6.45, 7) is 3.49. The van der Waals surface area contributed by atoms with Crippen LogP contribution in [0.4, 0.5) is 11.8 Å². The van der Waals surface area contributed by atoms with Gasteiger partial charge in [0.15, 0.2) is 5.75 Å². The first-order valence-corrected chi connectivity index (χ1v) is 6.49. The lowest BCUT2D eigenvalue weighted by molar-refractivity contribution is 0.410. The lowest BCUT2D eigenvalue weighted by Gasteiger charge is -2.35. The zero-order valence-electron chi connectivity index (χ0n) is 11.3. The Morgan fingerprint density at radius 3 is 2.20 bits per heavy atom. The van der Waals surface area contributed by atoms with Crippen LogP contribution >= 0.6 is 0 Å². The minimum atomic E-state index is 0.673. The van der Waals surface area contributed by atoms with Crippen LogP contribution in [0, 0.1) is 0 Å². The van der Waals surface area contributed by atoms with Gasteiger partial charge in [-0.2, -0.15) is 0 Å². The molecule has 7 heteroatoms. The van der Waals surface area contributed by atoms with Crippen molar-refractivity contribution < 1.29 is 4.74 Å². The molecular weight excluding hydrogens is 256 g/mol. The molecule has 0 bridgehead atoms. The summed E-state index contributed by atoms with van der Waals surface area (Å²) in [6, 6.07) is 0. The zero-order valence-corrected chi connectivity index (χ0v) is 11.3. The van der Waals surface area contributed by atoms with Crippen molar-refractivity contribution in [1.29, 1.82) is 0 Å². The highest BCUT2D eigenvalue weighted by molar-refractivity contribution is 5.40. The lowest BCUT2D eigenvalue weighted by atomic mass is 10.3. The molecule has 0 amide bonds. The Morgan fingerprint density at radius 2 is 1.60 bits per heavy atom. The van der Waals surface area contributed by atoms with Gasteiger partial charge >= 0.3 is 0 Å². The van der Waals surface area contributed by atoms with Crippen LogP contribution in [0.1, 0.15) is 0 Å². The predicted molar refractivity (Wildman–Crippen MR) is 75.0 cm³/mol. The zero-order chi connectivity index (χ0) is 13.8. The summed E-state index contributed by atoms with van der Waals surface area (Å²) in [5, 5.41) is 0. The van der Waals surface area contributed by atoms with Crippen LogP contribution in [0.5, 0.6) is 5.75 Å². The Bertz CT molecular complexity index is 539. The summed E-state index contributed by atoms with van der Waals surface area (Å²) in [6.07, 6.45) is 8.58. The molecule has 0 radical (unpaired) electrons. The van der Waals surface area contributed by atoms with Gasteiger partial charge in [0.05, 0.1) is 25.7 Å². The molecule has 0 spiro atoms. The number of aromatic nitrogens is 4. The normalized spacial score (nSPS) is 15.2. The van der Waals surface area contributed by atoms with Crippen molar-refractivity contribution in [2.75, 3.05) is 43.1 Å². The van der Waals surface area contributed by atoms with Gasteiger partial charge in [0.25, 0.3) is 0 Å². The molecule has 2 aromatic heterocycles. The SMILES string of the molecule is COc1cnc(N2CCN(c3cnccn3)CC2)nc1. The van der Waals surface area contributed by atoms with Crippen molar-refractivity contribution in [2.24, 2.45) is 0 Å². The average Bonchev–Trinajstić information content (AvgIpc) is 2.56. The third kappa shape index (κ3) is 2.61. The van der Waals surface area contributed by atoms with E-state index in [0.717, 1.165) is 37.9 Å². The Labute approximate surface area is 117 Å². The van der Waals surface area contributed by atoms with E-state index in [2.05, 4.69) is 29.7 Å². The number of ether oxygens (including phenoxy) is 1.